The van der Waals surface area contributed by atoms with Crippen molar-refractivity contribution in [1.82, 2.24) is 9.78 Å². The Bertz CT molecular complexity index is 460. The molecular formula is C12H15ClN2O. The monoisotopic (exact) mass is 238 g/mol. The molecule has 1 aromatic rings. The highest BCUT2D eigenvalue weighted by Crippen LogP contribution is 2.25. The summed E-state index contributed by atoms with van der Waals surface area (Å²) >= 11 is 6.16. The van der Waals surface area contributed by atoms with E-state index in [1.54, 1.807) is 10.8 Å². The second-order valence-corrected chi connectivity index (χ2v) is 4.64. The lowest BCUT2D eigenvalue weighted by atomic mass is 9.94. The standard InChI is InChI=1S/C12H15ClN2O/c1-8-11(12(13)15(2)14-8)7-9-4-3-5-10(16)6-9/h6H,3-5,7H2,1-2H3. The second-order valence-electron chi connectivity index (χ2n) is 4.28. The van der Waals surface area contributed by atoms with E-state index in [0.717, 1.165) is 30.5 Å². The van der Waals surface area contributed by atoms with Crippen LogP contribution in [0.3, 0.4) is 0 Å². The number of aromatic nitrogens is 2. The summed E-state index contributed by atoms with van der Waals surface area (Å²) in [6.07, 6.45) is 5.16. The van der Waals surface area contributed by atoms with Gasteiger partial charge in [0.2, 0.25) is 0 Å². The van der Waals surface area contributed by atoms with Gasteiger partial charge in [-0.25, -0.2) is 0 Å². The average molecular weight is 239 g/mol. The zero-order chi connectivity index (χ0) is 11.7. The quantitative estimate of drug-likeness (QED) is 0.794. The first-order valence-corrected chi connectivity index (χ1v) is 5.86. The minimum absolute atomic E-state index is 0.235. The highest BCUT2D eigenvalue weighted by molar-refractivity contribution is 6.30. The van der Waals surface area contributed by atoms with Crippen LogP contribution < -0.4 is 0 Å². The van der Waals surface area contributed by atoms with Gasteiger partial charge in [-0.05, 0) is 32.3 Å². The van der Waals surface area contributed by atoms with E-state index in [-0.39, 0.29) is 5.78 Å². The van der Waals surface area contributed by atoms with Crippen LogP contribution in [0.2, 0.25) is 5.15 Å². The van der Waals surface area contributed by atoms with Crippen LogP contribution in [0.4, 0.5) is 0 Å². The molecule has 0 spiro atoms. The highest BCUT2D eigenvalue weighted by Gasteiger charge is 2.16. The zero-order valence-electron chi connectivity index (χ0n) is 9.59. The van der Waals surface area contributed by atoms with Gasteiger partial charge >= 0.3 is 0 Å². The molecule has 1 aliphatic carbocycles. The van der Waals surface area contributed by atoms with Gasteiger partial charge in [-0.15, -0.1) is 0 Å². The molecule has 1 aromatic heterocycles. The first-order valence-electron chi connectivity index (χ1n) is 5.48. The molecule has 0 N–H and O–H groups in total. The smallest absolute Gasteiger partial charge is 0.155 e. The molecular weight excluding hydrogens is 224 g/mol. The molecule has 0 aliphatic heterocycles. The first-order chi connectivity index (χ1) is 7.58. The molecule has 0 saturated carbocycles. The largest absolute Gasteiger partial charge is 0.295 e. The van der Waals surface area contributed by atoms with Gasteiger partial charge in [0.15, 0.2) is 5.78 Å². The minimum atomic E-state index is 0.235. The zero-order valence-corrected chi connectivity index (χ0v) is 10.3. The lowest BCUT2D eigenvalue weighted by Crippen LogP contribution is -2.05. The summed E-state index contributed by atoms with van der Waals surface area (Å²) in [5.41, 5.74) is 3.17. The van der Waals surface area contributed by atoms with Crippen molar-refractivity contribution in [3.63, 3.8) is 0 Å². The van der Waals surface area contributed by atoms with Crippen LogP contribution in [0.5, 0.6) is 0 Å². The molecule has 2 rings (SSSR count). The van der Waals surface area contributed by atoms with Crippen molar-refractivity contribution in [2.24, 2.45) is 7.05 Å². The maximum atomic E-state index is 11.3. The normalized spacial score (nSPS) is 16.4. The van der Waals surface area contributed by atoms with Crippen molar-refractivity contribution >= 4 is 17.4 Å². The number of carbonyl (C=O) groups is 1. The fourth-order valence-corrected chi connectivity index (χ4v) is 2.34. The Morgan fingerprint density at radius 1 is 1.50 bits per heavy atom. The van der Waals surface area contributed by atoms with E-state index in [1.165, 1.54) is 5.57 Å². The van der Waals surface area contributed by atoms with Crippen molar-refractivity contribution in [1.29, 1.82) is 0 Å². The summed E-state index contributed by atoms with van der Waals surface area (Å²) in [5, 5.41) is 4.94. The van der Waals surface area contributed by atoms with Gasteiger partial charge in [0.1, 0.15) is 5.15 Å². The van der Waals surface area contributed by atoms with E-state index in [2.05, 4.69) is 5.10 Å². The Labute approximate surface area is 100 Å². The molecule has 1 heterocycles. The molecule has 3 nitrogen and oxygen atoms in total. The van der Waals surface area contributed by atoms with Gasteiger partial charge < -0.3 is 0 Å². The summed E-state index contributed by atoms with van der Waals surface area (Å²) in [4.78, 5) is 11.3. The lowest BCUT2D eigenvalue weighted by molar-refractivity contribution is -0.115. The van der Waals surface area contributed by atoms with Gasteiger partial charge in [0.25, 0.3) is 0 Å². The molecule has 4 heteroatoms. The van der Waals surface area contributed by atoms with Gasteiger partial charge in [0, 0.05) is 19.0 Å². The van der Waals surface area contributed by atoms with Crippen molar-refractivity contribution < 1.29 is 4.79 Å². The Kier molecular flexibility index (Phi) is 3.15. The molecule has 0 amide bonds. The van der Waals surface area contributed by atoms with Crippen LogP contribution in [-0.2, 0) is 18.3 Å². The molecule has 1 aliphatic rings. The number of hydrogen-bond donors (Lipinski definition) is 0. The minimum Gasteiger partial charge on any atom is -0.295 e. The Balaban J connectivity index is 2.24. The SMILES string of the molecule is Cc1nn(C)c(Cl)c1CC1=CC(=O)CCC1. The van der Waals surface area contributed by atoms with E-state index < -0.39 is 0 Å². The van der Waals surface area contributed by atoms with Crippen LogP contribution in [0.25, 0.3) is 0 Å². The predicted octanol–water partition coefficient (Wildman–Crippen LogP) is 2.60. The van der Waals surface area contributed by atoms with Gasteiger partial charge in [-0.1, -0.05) is 17.2 Å². The van der Waals surface area contributed by atoms with Crippen LogP contribution in [0, 0.1) is 6.92 Å². The predicted molar refractivity (Wildman–Crippen MR) is 63.6 cm³/mol. The Morgan fingerprint density at radius 3 is 2.81 bits per heavy atom. The fourth-order valence-electron chi connectivity index (χ4n) is 2.10. The first kappa shape index (κ1) is 11.4. The highest BCUT2D eigenvalue weighted by atomic mass is 35.5. The van der Waals surface area contributed by atoms with E-state index in [4.69, 9.17) is 11.6 Å². The molecule has 0 unspecified atom stereocenters. The fraction of sp³-hybridized carbons (Fsp3) is 0.500. The number of carbonyl (C=O) groups excluding carboxylic acids is 1. The van der Waals surface area contributed by atoms with Gasteiger partial charge in [-0.3, -0.25) is 9.48 Å². The third-order valence-corrected chi connectivity index (χ3v) is 3.43. The number of allylic oxidation sites excluding steroid dienone is 2. The summed E-state index contributed by atoms with van der Waals surface area (Å²) in [7, 11) is 1.83. The van der Waals surface area contributed by atoms with E-state index in [9.17, 15) is 4.79 Å². The number of nitrogens with zero attached hydrogens (tertiary/aromatic N) is 2. The molecule has 0 atom stereocenters. The lowest BCUT2D eigenvalue weighted by Gasteiger charge is -2.11. The molecule has 0 bridgehead atoms. The third-order valence-electron chi connectivity index (χ3n) is 2.96. The number of ketones is 1. The molecule has 0 aromatic carbocycles. The molecule has 0 radical (unpaired) electrons. The van der Waals surface area contributed by atoms with E-state index >= 15 is 0 Å². The number of hydrogen-bond acceptors (Lipinski definition) is 2. The van der Waals surface area contributed by atoms with Gasteiger partial charge in [0.05, 0.1) is 5.69 Å². The summed E-state index contributed by atoms with van der Waals surface area (Å²) in [6.45, 7) is 1.95. The van der Waals surface area contributed by atoms with E-state index in [0.29, 0.717) is 11.6 Å². The van der Waals surface area contributed by atoms with Crippen molar-refractivity contribution in [3.8, 4) is 0 Å². The molecule has 0 fully saturated rings. The maximum absolute atomic E-state index is 11.3. The number of rotatable bonds is 2. The number of aryl methyl sites for hydroxylation is 2. The number of halogens is 1. The van der Waals surface area contributed by atoms with Crippen molar-refractivity contribution in [2.75, 3.05) is 0 Å². The van der Waals surface area contributed by atoms with Crippen molar-refractivity contribution in [2.45, 2.75) is 32.6 Å². The maximum Gasteiger partial charge on any atom is 0.155 e. The summed E-state index contributed by atoms with van der Waals surface area (Å²) in [6, 6.07) is 0. The van der Waals surface area contributed by atoms with Crippen LogP contribution >= 0.6 is 11.6 Å². The summed E-state index contributed by atoms with van der Waals surface area (Å²) < 4.78 is 1.68. The topological polar surface area (TPSA) is 34.9 Å². The molecule has 86 valence electrons. The second kappa shape index (κ2) is 4.42. The van der Waals surface area contributed by atoms with Crippen molar-refractivity contribution in [3.05, 3.63) is 28.1 Å². The average Bonchev–Trinajstić information content (AvgIpc) is 2.45. The van der Waals surface area contributed by atoms with Crippen LogP contribution in [-0.4, -0.2) is 15.6 Å². The van der Waals surface area contributed by atoms with Crippen LogP contribution in [0.15, 0.2) is 11.6 Å². The molecule has 16 heavy (non-hydrogen) atoms. The Hall–Kier alpha value is -1.09. The van der Waals surface area contributed by atoms with Crippen LogP contribution in [0.1, 0.15) is 30.5 Å². The molecule has 0 saturated heterocycles. The van der Waals surface area contributed by atoms with Gasteiger partial charge in [-0.2, -0.15) is 5.10 Å². The summed E-state index contributed by atoms with van der Waals surface area (Å²) in [5.74, 6) is 0.235. The Morgan fingerprint density at radius 2 is 2.25 bits per heavy atom. The third kappa shape index (κ3) is 2.19. The van der Waals surface area contributed by atoms with E-state index in [1.807, 2.05) is 14.0 Å².